The zero-order valence-electron chi connectivity index (χ0n) is 14.8. The molecule has 1 aromatic carbocycles. The van der Waals surface area contributed by atoms with Crippen molar-refractivity contribution < 1.29 is 4.79 Å². The first-order valence-corrected chi connectivity index (χ1v) is 9.49. The maximum atomic E-state index is 12.7. The molecule has 0 aliphatic carbocycles. The van der Waals surface area contributed by atoms with Crippen LogP contribution in [0.3, 0.4) is 0 Å². The molecule has 0 radical (unpaired) electrons. The van der Waals surface area contributed by atoms with Crippen LogP contribution in [0, 0.1) is 0 Å². The van der Waals surface area contributed by atoms with Gasteiger partial charge in [0.25, 0.3) is 5.56 Å². The fourth-order valence-electron chi connectivity index (χ4n) is 3.74. The van der Waals surface area contributed by atoms with Crippen LogP contribution in [0.4, 0.5) is 0 Å². The highest BCUT2D eigenvalue weighted by Gasteiger charge is 2.26. The lowest BCUT2D eigenvalue weighted by atomic mass is 9.92. The van der Waals surface area contributed by atoms with E-state index in [4.69, 9.17) is 11.6 Å². The van der Waals surface area contributed by atoms with Gasteiger partial charge in [0.1, 0.15) is 0 Å². The standard InChI is InChI=1S/C21H20ClN3O2/c22-18-6-3-9-23-20(18)14-7-10-25(11-8-14)19(26)13-16-12-15-4-1-2-5-17(15)21(27)24-16/h1-6,9,12,14H,7-8,10-11,13H2,(H,24,27). The number of H-pyrrole nitrogens is 1. The average Bonchev–Trinajstić information content (AvgIpc) is 2.68. The van der Waals surface area contributed by atoms with Crippen molar-refractivity contribution in [2.24, 2.45) is 0 Å². The van der Waals surface area contributed by atoms with E-state index in [2.05, 4.69) is 9.97 Å². The molecule has 1 N–H and O–H groups in total. The summed E-state index contributed by atoms with van der Waals surface area (Å²) in [7, 11) is 0. The van der Waals surface area contributed by atoms with Gasteiger partial charge in [0.2, 0.25) is 5.91 Å². The van der Waals surface area contributed by atoms with Crippen molar-refractivity contribution in [1.29, 1.82) is 0 Å². The fraction of sp³-hybridized carbons (Fsp3) is 0.286. The largest absolute Gasteiger partial charge is 0.342 e. The van der Waals surface area contributed by atoms with Gasteiger partial charge in [0.05, 0.1) is 17.1 Å². The summed E-state index contributed by atoms with van der Waals surface area (Å²) in [6, 6.07) is 13.0. The number of aromatic nitrogens is 2. The summed E-state index contributed by atoms with van der Waals surface area (Å²) in [6.07, 6.45) is 3.65. The minimum absolute atomic E-state index is 0.0338. The smallest absolute Gasteiger partial charge is 0.256 e. The van der Waals surface area contributed by atoms with Crippen molar-refractivity contribution >= 4 is 28.3 Å². The number of halogens is 1. The highest BCUT2D eigenvalue weighted by Crippen LogP contribution is 2.31. The van der Waals surface area contributed by atoms with Gasteiger partial charge in [-0.3, -0.25) is 14.6 Å². The number of nitrogens with one attached hydrogen (secondary N) is 1. The van der Waals surface area contributed by atoms with Crippen LogP contribution in [0.25, 0.3) is 10.8 Å². The molecule has 6 heteroatoms. The number of hydrogen-bond acceptors (Lipinski definition) is 3. The molecule has 4 rings (SSSR count). The van der Waals surface area contributed by atoms with Gasteiger partial charge < -0.3 is 9.88 Å². The normalized spacial score (nSPS) is 15.2. The highest BCUT2D eigenvalue weighted by molar-refractivity contribution is 6.31. The number of aromatic amines is 1. The number of rotatable bonds is 3. The Morgan fingerprint density at radius 1 is 1.19 bits per heavy atom. The maximum Gasteiger partial charge on any atom is 0.256 e. The van der Waals surface area contributed by atoms with Gasteiger partial charge in [-0.2, -0.15) is 0 Å². The predicted octanol–water partition coefficient (Wildman–Crippen LogP) is 3.53. The number of carbonyl (C=O) groups excluding carboxylic acids is 1. The third kappa shape index (κ3) is 3.74. The van der Waals surface area contributed by atoms with Gasteiger partial charge in [0.15, 0.2) is 0 Å². The van der Waals surface area contributed by atoms with Gasteiger partial charge in [-0.15, -0.1) is 0 Å². The second-order valence-electron chi connectivity index (χ2n) is 6.91. The van der Waals surface area contributed by atoms with E-state index < -0.39 is 0 Å². The lowest BCUT2D eigenvalue weighted by Gasteiger charge is -2.32. The van der Waals surface area contributed by atoms with Gasteiger partial charge in [-0.1, -0.05) is 29.8 Å². The van der Waals surface area contributed by atoms with Crippen molar-refractivity contribution in [3.63, 3.8) is 0 Å². The summed E-state index contributed by atoms with van der Waals surface area (Å²) in [5, 5.41) is 2.19. The molecule has 2 aromatic heterocycles. The fourth-order valence-corrected chi connectivity index (χ4v) is 4.01. The molecule has 3 aromatic rings. The quantitative estimate of drug-likeness (QED) is 0.754. The summed E-state index contributed by atoms with van der Waals surface area (Å²) in [5.41, 5.74) is 1.42. The molecule has 1 aliphatic rings. The number of hydrogen-bond donors (Lipinski definition) is 1. The number of pyridine rings is 2. The number of nitrogens with zero attached hydrogens (tertiary/aromatic N) is 2. The van der Waals surface area contributed by atoms with Crippen molar-refractivity contribution in [2.45, 2.75) is 25.2 Å². The van der Waals surface area contributed by atoms with Crippen LogP contribution in [0.15, 0.2) is 53.5 Å². The van der Waals surface area contributed by atoms with E-state index in [9.17, 15) is 9.59 Å². The Balaban J connectivity index is 1.43. The van der Waals surface area contributed by atoms with Crippen molar-refractivity contribution in [2.75, 3.05) is 13.1 Å². The summed E-state index contributed by atoms with van der Waals surface area (Å²) >= 11 is 6.25. The Bertz CT molecular complexity index is 1040. The molecule has 0 unspecified atom stereocenters. The van der Waals surface area contributed by atoms with Crippen LogP contribution in [-0.4, -0.2) is 33.9 Å². The van der Waals surface area contributed by atoms with Crippen molar-refractivity contribution in [3.05, 3.63) is 75.4 Å². The van der Waals surface area contributed by atoms with E-state index in [1.807, 2.05) is 41.3 Å². The first-order valence-electron chi connectivity index (χ1n) is 9.11. The molecule has 0 spiro atoms. The number of piperidine rings is 1. The zero-order chi connectivity index (χ0) is 18.8. The van der Waals surface area contributed by atoms with Crippen LogP contribution < -0.4 is 5.56 Å². The number of amides is 1. The first-order chi connectivity index (χ1) is 13.1. The van der Waals surface area contributed by atoms with Gasteiger partial charge in [0, 0.05) is 36.3 Å². The Morgan fingerprint density at radius 2 is 1.96 bits per heavy atom. The molecule has 27 heavy (non-hydrogen) atoms. The summed E-state index contributed by atoms with van der Waals surface area (Å²) in [6.45, 7) is 1.35. The van der Waals surface area contributed by atoms with Crippen molar-refractivity contribution in [1.82, 2.24) is 14.9 Å². The summed E-state index contributed by atoms with van der Waals surface area (Å²) in [5.74, 6) is 0.315. The van der Waals surface area contributed by atoms with Gasteiger partial charge in [-0.25, -0.2) is 0 Å². The van der Waals surface area contributed by atoms with Crippen LogP contribution in [0.2, 0.25) is 5.02 Å². The average molecular weight is 382 g/mol. The number of carbonyl (C=O) groups is 1. The zero-order valence-corrected chi connectivity index (χ0v) is 15.6. The lowest BCUT2D eigenvalue weighted by molar-refractivity contribution is -0.131. The topological polar surface area (TPSA) is 66.1 Å². The Hall–Kier alpha value is -2.66. The number of fused-ring (bicyclic) bond motifs is 1. The molecule has 1 saturated heterocycles. The highest BCUT2D eigenvalue weighted by atomic mass is 35.5. The monoisotopic (exact) mass is 381 g/mol. The van der Waals surface area contributed by atoms with E-state index in [-0.39, 0.29) is 23.8 Å². The maximum absolute atomic E-state index is 12.7. The summed E-state index contributed by atoms with van der Waals surface area (Å²) < 4.78 is 0. The van der Waals surface area contributed by atoms with E-state index in [0.717, 1.165) is 23.9 Å². The number of benzene rings is 1. The lowest BCUT2D eigenvalue weighted by Crippen LogP contribution is -2.39. The van der Waals surface area contributed by atoms with E-state index in [1.54, 1.807) is 12.3 Å². The van der Waals surface area contributed by atoms with Crippen LogP contribution in [0.1, 0.15) is 30.1 Å². The summed E-state index contributed by atoms with van der Waals surface area (Å²) in [4.78, 5) is 34.0. The molecule has 0 bridgehead atoms. The molecule has 1 aliphatic heterocycles. The second-order valence-corrected chi connectivity index (χ2v) is 7.32. The molecule has 3 heterocycles. The number of likely N-dealkylation sites (tertiary alicyclic amines) is 1. The van der Waals surface area contributed by atoms with Crippen LogP contribution in [-0.2, 0) is 11.2 Å². The SMILES string of the molecule is O=C(Cc1cc2ccccc2c(=O)[nH]1)N1CCC(c2ncccc2Cl)CC1. The predicted molar refractivity (Wildman–Crippen MR) is 106 cm³/mol. The van der Waals surface area contributed by atoms with Crippen LogP contribution >= 0.6 is 11.6 Å². The molecule has 0 atom stereocenters. The first kappa shape index (κ1) is 17.7. The van der Waals surface area contributed by atoms with Gasteiger partial charge in [-0.05, 0) is 42.5 Å². The van der Waals surface area contributed by atoms with Crippen molar-refractivity contribution in [3.8, 4) is 0 Å². The molecule has 0 saturated carbocycles. The minimum atomic E-state index is -0.153. The van der Waals surface area contributed by atoms with E-state index in [1.165, 1.54) is 0 Å². The molecule has 138 valence electrons. The Labute approximate surface area is 162 Å². The van der Waals surface area contributed by atoms with Gasteiger partial charge >= 0.3 is 0 Å². The van der Waals surface area contributed by atoms with E-state index >= 15 is 0 Å². The molecule has 5 nitrogen and oxygen atoms in total. The van der Waals surface area contributed by atoms with Crippen LogP contribution in [0.5, 0.6) is 0 Å². The Kier molecular flexibility index (Phi) is 4.94. The Morgan fingerprint density at radius 3 is 2.74 bits per heavy atom. The third-order valence-corrected chi connectivity index (χ3v) is 5.49. The van der Waals surface area contributed by atoms with E-state index in [0.29, 0.717) is 29.2 Å². The molecule has 1 fully saturated rings. The molecular weight excluding hydrogens is 362 g/mol. The third-order valence-electron chi connectivity index (χ3n) is 5.17. The minimum Gasteiger partial charge on any atom is -0.342 e. The molecular formula is C21H20ClN3O2. The molecule has 1 amide bonds. The second kappa shape index (κ2) is 7.53.